The zero-order valence-electron chi connectivity index (χ0n) is 9.44. The van der Waals surface area contributed by atoms with Crippen LogP contribution >= 0.6 is 0 Å². The van der Waals surface area contributed by atoms with Crippen LogP contribution in [0.5, 0.6) is 5.75 Å². The van der Waals surface area contributed by atoms with Crippen molar-refractivity contribution < 1.29 is 9.50 Å². The van der Waals surface area contributed by atoms with Gasteiger partial charge in [-0.05, 0) is 36.8 Å². The molecule has 3 nitrogen and oxygen atoms in total. The highest BCUT2D eigenvalue weighted by molar-refractivity contribution is 5.44. The molecule has 2 N–H and O–H groups in total. The molecule has 0 amide bonds. The first kappa shape index (κ1) is 11.4. The number of aromatic hydroxyl groups is 1. The summed E-state index contributed by atoms with van der Waals surface area (Å²) in [6, 6.07) is 5.82. The second-order valence-electron chi connectivity index (χ2n) is 3.88. The number of aromatic nitrogens is 1. The van der Waals surface area contributed by atoms with Crippen molar-refractivity contribution in [3.05, 3.63) is 53.6 Å². The van der Waals surface area contributed by atoms with E-state index in [0.29, 0.717) is 12.1 Å². The third-order valence-corrected chi connectivity index (χ3v) is 2.40. The second kappa shape index (κ2) is 4.82. The van der Waals surface area contributed by atoms with E-state index in [4.69, 9.17) is 0 Å². The van der Waals surface area contributed by atoms with Gasteiger partial charge in [0.15, 0.2) is 0 Å². The molecule has 88 valence electrons. The van der Waals surface area contributed by atoms with Crippen LogP contribution in [0.1, 0.15) is 11.1 Å². The fourth-order valence-electron chi connectivity index (χ4n) is 1.54. The second-order valence-corrected chi connectivity index (χ2v) is 3.88. The van der Waals surface area contributed by atoms with Crippen molar-refractivity contribution in [1.82, 2.24) is 4.98 Å². The van der Waals surface area contributed by atoms with Crippen LogP contribution in [0, 0.1) is 12.7 Å². The van der Waals surface area contributed by atoms with Gasteiger partial charge >= 0.3 is 0 Å². The molecule has 1 heterocycles. The fourth-order valence-corrected chi connectivity index (χ4v) is 1.54. The molecule has 0 fully saturated rings. The number of phenols is 1. The Labute approximate surface area is 98.9 Å². The smallest absolute Gasteiger partial charge is 0.123 e. The lowest BCUT2D eigenvalue weighted by molar-refractivity contribution is 0.466. The van der Waals surface area contributed by atoms with Gasteiger partial charge in [-0.3, -0.25) is 4.98 Å². The molecule has 0 saturated carbocycles. The Bertz CT molecular complexity index is 529. The van der Waals surface area contributed by atoms with Gasteiger partial charge in [0.1, 0.15) is 11.6 Å². The standard InChI is InChI=1S/C13H13FN2O/c1-9-4-12(8-15-6-9)16-7-10-5-11(14)2-3-13(10)17/h2-6,8,16-17H,7H2,1H3. The summed E-state index contributed by atoms with van der Waals surface area (Å²) in [7, 11) is 0. The Hall–Kier alpha value is -2.10. The number of benzene rings is 1. The summed E-state index contributed by atoms with van der Waals surface area (Å²) >= 11 is 0. The van der Waals surface area contributed by atoms with Gasteiger partial charge in [-0.15, -0.1) is 0 Å². The van der Waals surface area contributed by atoms with Gasteiger partial charge in [-0.1, -0.05) is 0 Å². The van der Waals surface area contributed by atoms with Crippen molar-refractivity contribution in [3.8, 4) is 5.75 Å². The molecule has 4 heteroatoms. The van der Waals surface area contributed by atoms with Gasteiger partial charge in [0.2, 0.25) is 0 Å². The van der Waals surface area contributed by atoms with E-state index in [2.05, 4.69) is 10.3 Å². The monoisotopic (exact) mass is 232 g/mol. The molecule has 0 unspecified atom stereocenters. The fraction of sp³-hybridized carbons (Fsp3) is 0.154. The Kier molecular flexibility index (Phi) is 3.23. The molecule has 0 radical (unpaired) electrons. The Morgan fingerprint density at radius 2 is 2.12 bits per heavy atom. The summed E-state index contributed by atoms with van der Waals surface area (Å²) < 4.78 is 13.0. The average Bonchev–Trinajstić information content (AvgIpc) is 2.30. The number of anilines is 1. The number of pyridine rings is 1. The lowest BCUT2D eigenvalue weighted by atomic mass is 10.2. The van der Waals surface area contributed by atoms with Crippen molar-refractivity contribution in [3.63, 3.8) is 0 Å². The van der Waals surface area contributed by atoms with E-state index < -0.39 is 0 Å². The molecule has 17 heavy (non-hydrogen) atoms. The largest absolute Gasteiger partial charge is 0.508 e. The Balaban J connectivity index is 2.09. The van der Waals surface area contributed by atoms with Gasteiger partial charge < -0.3 is 10.4 Å². The number of nitrogens with zero attached hydrogens (tertiary/aromatic N) is 1. The molecule has 0 aliphatic rings. The summed E-state index contributed by atoms with van der Waals surface area (Å²) in [6.45, 7) is 2.30. The van der Waals surface area contributed by atoms with E-state index in [0.717, 1.165) is 11.3 Å². The van der Waals surface area contributed by atoms with E-state index in [9.17, 15) is 9.50 Å². The Morgan fingerprint density at radius 1 is 1.29 bits per heavy atom. The molecule has 0 saturated heterocycles. The number of halogens is 1. The lowest BCUT2D eigenvalue weighted by Gasteiger charge is -2.08. The van der Waals surface area contributed by atoms with E-state index in [1.807, 2.05) is 13.0 Å². The molecule has 0 bridgehead atoms. The zero-order valence-corrected chi connectivity index (χ0v) is 9.44. The van der Waals surface area contributed by atoms with Gasteiger partial charge in [0.05, 0.1) is 5.69 Å². The van der Waals surface area contributed by atoms with E-state index >= 15 is 0 Å². The molecule has 0 aliphatic heterocycles. The SMILES string of the molecule is Cc1cncc(NCc2cc(F)ccc2O)c1. The van der Waals surface area contributed by atoms with Crippen LogP contribution in [0.4, 0.5) is 10.1 Å². The van der Waals surface area contributed by atoms with Crippen LogP contribution < -0.4 is 5.32 Å². The summed E-state index contributed by atoms with van der Waals surface area (Å²) in [6.07, 6.45) is 3.44. The van der Waals surface area contributed by atoms with Crippen molar-refractivity contribution in [2.24, 2.45) is 0 Å². The number of hydrogen-bond acceptors (Lipinski definition) is 3. The Morgan fingerprint density at radius 3 is 2.88 bits per heavy atom. The molecular weight excluding hydrogens is 219 g/mol. The molecule has 2 aromatic rings. The van der Waals surface area contributed by atoms with Gasteiger partial charge in [0, 0.05) is 24.5 Å². The maximum Gasteiger partial charge on any atom is 0.123 e. The summed E-state index contributed by atoms with van der Waals surface area (Å²) in [5.41, 5.74) is 2.40. The summed E-state index contributed by atoms with van der Waals surface area (Å²) in [4.78, 5) is 4.04. The number of nitrogens with one attached hydrogen (secondary N) is 1. The molecule has 0 aliphatic carbocycles. The van der Waals surface area contributed by atoms with Crippen LogP contribution in [0.25, 0.3) is 0 Å². The van der Waals surface area contributed by atoms with Crippen molar-refractivity contribution in [2.75, 3.05) is 5.32 Å². The zero-order chi connectivity index (χ0) is 12.3. The number of aryl methyl sites for hydroxylation is 1. The predicted molar refractivity (Wildman–Crippen MR) is 64.4 cm³/mol. The van der Waals surface area contributed by atoms with Crippen LogP contribution in [-0.4, -0.2) is 10.1 Å². The molecule has 0 atom stereocenters. The predicted octanol–water partition coefficient (Wildman–Crippen LogP) is 2.85. The highest BCUT2D eigenvalue weighted by Crippen LogP contribution is 2.19. The van der Waals surface area contributed by atoms with E-state index in [1.54, 1.807) is 12.4 Å². The minimum Gasteiger partial charge on any atom is -0.508 e. The third-order valence-electron chi connectivity index (χ3n) is 2.40. The van der Waals surface area contributed by atoms with Crippen molar-refractivity contribution in [1.29, 1.82) is 0 Å². The topological polar surface area (TPSA) is 45.2 Å². The van der Waals surface area contributed by atoms with E-state index in [-0.39, 0.29) is 11.6 Å². The highest BCUT2D eigenvalue weighted by atomic mass is 19.1. The maximum absolute atomic E-state index is 13.0. The normalized spacial score (nSPS) is 10.2. The lowest BCUT2D eigenvalue weighted by Crippen LogP contribution is -2.00. The minimum atomic E-state index is -0.359. The van der Waals surface area contributed by atoms with Gasteiger partial charge in [-0.2, -0.15) is 0 Å². The molecule has 2 rings (SSSR count). The molecule has 1 aromatic heterocycles. The van der Waals surface area contributed by atoms with E-state index in [1.165, 1.54) is 18.2 Å². The summed E-state index contributed by atoms with van der Waals surface area (Å²) in [5.74, 6) is -0.276. The first-order valence-electron chi connectivity index (χ1n) is 5.28. The average molecular weight is 232 g/mol. The van der Waals surface area contributed by atoms with Crippen molar-refractivity contribution in [2.45, 2.75) is 13.5 Å². The van der Waals surface area contributed by atoms with Gasteiger partial charge in [-0.25, -0.2) is 4.39 Å². The maximum atomic E-state index is 13.0. The molecule has 0 spiro atoms. The summed E-state index contributed by atoms with van der Waals surface area (Å²) in [5, 5.41) is 12.6. The van der Waals surface area contributed by atoms with Crippen LogP contribution in [0.3, 0.4) is 0 Å². The minimum absolute atomic E-state index is 0.0829. The van der Waals surface area contributed by atoms with Crippen LogP contribution in [0.2, 0.25) is 0 Å². The number of rotatable bonds is 3. The molecule has 1 aromatic carbocycles. The van der Waals surface area contributed by atoms with Crippen LogP contribution in [-0.2, 0) is 6.54 Å². The third kappa shape index (κ3) is 2.93. The molecular formula is C13H13FN2O. The van der Waals surface area contributed by atoms with Crippen LogP contribution in [0.15, 0.2) is 36.7 Å². The highest BCUT2D eigenvalue weighted by Gasteiger charge is 2.02. The number of hydrogen-bond donors (Lipinski definition) is 2. The quantitative estimate of drug-likeness (QED) is 0.855. The van der Waals surface area contributed by atoms with Crippen molar-refractivity contribution >= 4 is 5.69 Å². The van der Waals surface area contributed by atoms with Gasteiger partial charge in [0.25, 0.3) is 0 Å². The first-order valence-corrected chi connectivity index (χ1v) is 5.28. The first-order chi connectivity index (χ1) is 8.15. The number of phenolic OH excluding ortho intramolecular Hbond substituents is 1.